The molecule has 1 heterocycles. The quantitative estimate of drug-likeness (QED) is 0.898. The Kier molecular flexibility index (Phi) is 5.54. The minimum Gasteiger partial charge on any atom is -0.395 e. The fourth-order valence-corrected chi connectivity index (χ4v) is 2.03. The van der Waals surface area contributed by atoms with E-state index >= 15 is 0 Å². The predicted octanol–water partition coefficient (Wildman–Crippen LogP) is 1.77. The molecule has 2 aromatic rings. The predicted molar refractivity (Wildman–Crippen MR) is 79.1 cm³/mol. The second-order valence-corrected chi connectivity index (χ2v) is 4.60. The number of hydrogen-bond acceptors (Lipinski definition) is 3. The van der Waals surface area contributed by atoms with Crippen LogP contribution in [0.2, 0.25) is 0 Å². The van der Waals surface area contributed by atoms with Crippen molar-refractivity contribution < 1.29 is 5.11 Å². The maximum absolute atomic E-state index is 9.00. The van der Waals surface area contributed by atoms with Gasteiger partial charge in [-0.2, -0.15) is 5.10 Å². The molecule has 0 radical (unpaired) electrons. The van der Waals surface area contributed by atoms with Gasteiger partial charge in [-0.25, -0.2) is 4.68 Å². The highest BCUT2D eigenvalue weighted by atomic mass is 35.5. The average Bonchev–Trinajstić information content (AvgIpc) is 2.72. The molecule has 0 amide bonds. The molecule has 0 bridgehead atoms. The Bertz CT molecular complexity index is 539. The largest absolute Gasteiger partial charge is 0.395 e. The SMILES string of the molecule is Cc1ccccc1-n1ncc(CC(N)CO)c1C.Cl. The molecule has 0 aliphatic carbocycles. The first-order valence-electron chi connectivity index (χ1n) is 6.09. The number of hydrogen-bond donors (Lipinski definition) is 2. The van der Waals surface area contributed by atoms with Crippen LogP contribution in [0.25, 0.3) is 5.69 Å². The van der Waals surface area contributed by atoms with E-state index in [1.54, 1.807) is 0 Å². The minimum absolute atomic E-state index is 0. The van der Waals surface area contributed by atoms with Gasteiger partial charge in [-0.1, -0.05) is 18.2 Å². The van der Waals surface area contributed by atoms with Crippen LogP contribution in [0.3, 0.4) is 0 Å². The van der Waals surface area contributed by atoms with E-state index < -0.39 is 0 Å². The van der Waals surface area contributed by atoms with Crippen molar-refractivity contribution in [2.45, 2.75) is 26.3 Å². The maximum Gasteiger partial charge on any atom is 0.0677 e. The number of para-hydroxylation sites is 1. The topological polar surface area (TPSA) is 64.1 Å². The first kappa shape index (κ1) is 15.7. The summed E-state index contributed by atoms with van der Waals surface area (Å²) in [5, 5.41) is 13.4. The molecule has 0 saturated carbocycles. The Hall–Kier alpha value is -1.36. The first-order chi connectivity index (χ1) is 8.63. The number of aliphatic hydroxyl groups is 1. The number of nitrogens with zero attached hydrogens (tertiary/aromatic N) is 2. The third kappa shape index (κ3) is 3.35. The van der Waals surface area contributed by atoms with E-state index in [0.717, 1.165) is 16.9 Å². The number of aliphatic hydroxyl groups excluding tert-OH is 1. The zero-order valence-corrected chi connectivity index (χ0v) is 12.0. The lowest BCUT2D eigenvalue weighted by Gasteiger charge is -2.10. The van der Waals surface area contributed by atoms with Crippen LogP contribution >= 0.6 is 12.4 Å². The summed E-state index contributed by atoms with van der Waals surface area (Å²) in [6.07, 6.45) is 2.48. The van der Waals surface area contributed by atoms with Crippen molar-refractivity contribution in [1.82, 2.24) is 9.78 Å². The molecule has 0 aliphatic heterocycles. The lowest BCUT2D eigenvalue weighted by atomic mass is 10.1. The van der Waals surface area contributed by atoms with Gasteiger partial charge < -0.3 is 10.8 Å². The van der Waals surface area contributed by atoms with Gasteiger partial charge in [0.1, 0.15) is 0 Å². The Morgan fingerprint density at radius 2 is 2.00 bits per heavy atom. The molecule has 0 spiro atoms. The van der Waals surface area contributed by atoms with Crippen molar-refractivity contribution in [3.05, 3.63) is 47.3 Å². The standard InChI is InChI=1S/C14H19N3O.ClH/c1-10-5-3-4-6-14(10)17-11(2)12(8-16-17)7-13(15)9-18;/h3-6,8,13,18H,7,9,15H2,1-2H3;1H. The average molecular weight is 282 g/mol. The molecular formula is C14H20ClN3O. The van der Waals surface area contributed by atoms with Gasteiger partial charge in [0.15, 0.2) is 0 Å². The highest BCUT2D eigenvalue weighted by molar-refractivity contribution is 5.85. The fourth-order valence-electron chi connectivity index (χ4n) is 2.03. The molecule has 104 valence electrons. The monoisotopic (exact) mass is 281 g/mol. The van der Waals surface area contributed by atoms with Crippen molar-refractivity contribution in [2.75, 3.05) is 6.61 Å². The number of aromatic nitrogens is 2. The Labute approximate surface area is 119 Å². The van der Waals surface area contributed by atoms with Gasteiger partial charge in [0.05, 0.1) is 18.5 Å². The highest BCUT2D eigenvalue weighted by Gasteiger charge is 2.12. The molecule has 1 atom stereocenters. The minimum atomic E-state index is -0.224. The molecule has 2 rings (SSSR count). The van der Waals surface area contributed by atoms with Crippen LogP contribution < -0.4 is 5.73 Å². The molecule has 0 saturated heterocycles. The van der Waals surface area contributed by atoms with Crippen LogP contribution in [0.4, 0.5) is 0 Å². The second kappa shape index (κ2) is 6.70. The Balaban J connectivity index is 0.00000180. The number of benzene rings is 1. The third-order valence-electron chi connectivity index (χ3n) is 3.17. The highest BCUT2D eigenvalue weighted by Crippen LogP contribution is 2.18. The van der Waals surface area contributed by atoms with Crippen molar-refractivity contribution in [1.29, 1.82) is 0 Å². The summed E-state index contributed by atoms with van der Waals surface area (Å²) in [6, 6.07) is 7.90. The molecule has 1 unspecified atom stereocenters. The van der Waals surface area contributed by atoms with Crippen LogP contribution in [-0.4, -0.2) is 27.5 Å². The summed E-state index contributed by atoms with van der Waals surface area (Å²) in [6.45, 7) is 4.09. The van der Waals surface area contributed by atoms with Crippen molar-refractivity contribution in [3.8, 4) is 5.69 Å². The summed E-state index contributed by atoms with van der Waals surface area (Å²) in [5.41, 5.74) is 10.2. The maximum atomic E-state index is 9.00. The number of halogens is 1. The van der Waals surface area contributed by atoms with E-state index in [1.165, 1.54) is 5.56 Å². The zero-order valence-electron chi connectivity index (χ0n) is 11.2. The molecule has 4 nitrogen and oxygen atoms in total. The van der Waals surface area contributed by atoms with Gasteiger partial charge in [0.2, 0.25) is 0 Å². The summed E-state index contributed by atoms with van der Waals surface area (Å²) in [7, 11) is 0. The van der Waals surface area contributed by atoms with Crippen molar-refractivity contribution in [2.24, 2.45) is 5.73 Å². The molecule has 5 heteroatoms. The van der Waals surface area contributed by atoms with E-state index in [2.05, 4.69) is 18.1 Å². The second-order valence-electron chi connectivity index (χ2n) is 4.60. The Morgan fingerprint density at radius 1 is 1.32 bits per heavy atom. The van der Waals surface area contributed by atoms with Crippen LogP contribution in [0.15, 0.2) is 30.5 Å². The van der Waals surface area contributed by atoms with Crippen LogP contribution in [0, 0.1) is 13.8 Å². The van der Waals surface area contributed by atoms with Gasteiger partial charge >= 0.3 is 0 Å². The lowest BCUT2D eigenvalue weighted by molar-refractivity contribution is 0.265. The summed E-state index contributed by atoms with van der Waals surface area (Å²) in [4.78, 5) is 0. The molecule has 1 aromatic heterocycles. The fraction of sp³-hybridized carbons (Fsp3) is 0.357. The number of rotatable bonds is 4. The lowest BCUT2D eigenvalue weighted by Crippen LogP contribution is -2.27. The zero-order chi connectivity index (χ0) is 13.1. The number of nitrogens with two attached hydrogens (primary N) is 1. The van der Waals surface area contributed by atoms with E-state index in [9.17, 15) is 0 Å². The number of aryl methyl sites for hydroxylation is 1. The van der Waals surface area contributed by atoms with E-state index in [-0.39, 0.29) is 25.1 Å². The molecule has 19 heavy (non-hydrogen) atoms. The van der Waals surface area contributed by atoms with Crippen LogP contribution in [-0.2, 0) is 6.42 Å². The van der Waals surface area contributed by atoms with Gasteiger partial charge in [-0.3, -0.25) is 0 Å². The Morgan fingerprint density at radius 3 is 2.63 bits per heavy atom. The van der Waals surface area contributed by atoms with E-state index in [1.807, 2.05) is 36.0 Å². The van der Waals surface area contributed by atoms with Crippen LogP contribution in [0.1, 0.15) is 16.8 Å². The molecular weight excluding hydrogens is 262 g/mol. The molecule has 1 aromatic carbocycles. The van der Waals surface area contributed by atoms with E-state index in [4.69, 9.17) is 10.8 Å². The molecule has 0 aliphatic rings. The van der Waals surface area contributed by atoms with E-state index in [0.29, 0.717) is 6.42 Å². The van der Waals surface area contributed by atoms with Crippen LogP contribution in [0.5, 0.6) is 0 Å². The normalized spacial score (nSPS) is 12.0. The smallest absolute Gasteiger partial charge is 0.0677 e. The molecule has 3 N–H and O–H groups in total. The van der Waals surface area contributed by atoms with Gasteiger partial charge in [-0.15, -0.1) is 12.4 Å². The van der Waals surface area contributed by atoms with Gasteiger partial charge in [0, 0.05) is 11.7 Å². The third-order valence-corrected chi connectivity index (χ3v) is 3.17. The first-order valence-corrected chi connectivity index (χ1v) is 6.09. The van der Waals surface area contributed by atoms with Gasteiger partial charge in [0.25, 0.3) is 0 Å². The molecule has 0 fully saturated rings. The van der Waals surface area contributed by atoms with Gasteiger partial charge in [-0.05, 0) is 37.5 Å². The van der Waals surface area contributed by atoms with Crippen molar-refractivity contribution in [3.63, 3.8) is 0 Å². The summed E-state index contributed by atoms with van der Waals surface area (Å²) >= 11 is 0. The van der Waals surface area contributed by atoms with Crippen molar-refractivity contribution >= 4 is 12.4 Å². The summed E-state index contributed by atoms with van der Waals surface area (Å²) in [5.74, 6) is 0. The summed E-state index contributed by atoms with van der Waals surface area (Å²) < 4.78 is 1.93.